The van der Waals surface area contributed by atoms with Gasteiger partial charge in [-0.3, -0.25) is 6.08 Å². The molecule has 0 bridgehead atoms. The third-order valence-electron chi connectivity index (χ3n) is 4.10. The van der Waals surface area contributed by atoms with Gasteiger partial charge in [-0.2, -0.15) is 28.8 Å². The van der Waals surface area contributed by atoms with Crippen molar-refractivity contribution in [2.75, 3.05) is 0 Å². The first-order chi connectivity index (χ1) is 9.34. The Hall–Kier alpha value is -0.0157. The van der Waals surface area contributed by atoms with Gasteiger partial charge in [-0.25, -0.2) is 12.1 Å². The largest absolute Gasteiger partial charge is 4.00 e. The first kappa shape index (κ1) is 22.0. The molecule has 2 aliphatic carbocycles. The summed E-state index contributed by atoms with van der Waals surface area (Å²) in [5.41, 5.74) is 5.93. The van der Waals surface area contributed by atoms with E-state index in [1.54, 1.807) is 11.1 Å². The molecule has 0 fully saturated rings. The van der Waals surface area contributed by atoms with Crippen molar-refractivity contribution in [1.82, 2.24) is 0 Å². The van der Waals surface area contributed by atoms with Crippen LogP contribution >= 0.6 is 0 Å². The molecule has 0 N–H and O–H groups in total. The molecule has 22 heavy (non-hydrogen) atoms. The Labute approximate surface area is 170 Å². The van der Waals surface area contributed by atoms with E-state index in [2.05, 4.69) is 61.5 Å². The van der Waals surface area contributed by atoms with Gasteiger partial charge in [0.05, 0.1) is 0 Å². The van der Waals surface area contributed by atoms with Crippen molar-refractivity contribution in [2.24, 2.45) is 0 Å². The minimum atomic E-state index is 0. The number of aryl methyl sites for hydroxylation is 2. The Morgan fingerprint density at radius 3 is 2.50 bits per heavy atom. The Morgan fingerprint density at radius 2 is 1.77 bits per heavy atom. The van der Waals surface area contributed by atoms with Crippen LogP contribution in [0.5, 0.6) is 0 Å². The zero-order valence-electron chi connectivity index (χ0n) is 12.8. The van der Waals surface area contributed by atoms with E-state index in [-0.39, 0.29) is 55.7 Å². The van der Waals surface area contributed by atoms with E-state index in [0.29, 0.717) is 5.92 Å². The van der Waals surface area contributed by atoms with Crippen molar-refractivity contribution in [3.05, 3.63) is 70.8 Å². The molecule has 0 aromatic heterocycles. The zero-order valence-corrected chi connectivity index (χ0v) is 17.5. The SMILES string of the molecule is CC1[C-]=Cc2ccccc21.[Br-].[Br-].[Ti+4].c1cc2c([cH-]1)CCCC2. The Bertz CT molecular complexity index is 566. The van der Waals surface area contributed by atoms with Crippen LogP contribution in [0.1, 0.15) is 47.9 Å². The van der Waals surface area contributed by atoms with Gasteiger partial charge in [0.25, 0.3) is 0 Å². The second-order valence-corrected chi connectivity index (χ2v) is 5.44. The molecule has 0 amide bonds. The summed E-state index contributed by atoms with van der Waals surface area (Å²) in [5, 5.41) is 0. The van der Waals surface area contributed by atoms with Crippen molar-refractivity contribution in [3.63, 3.8) is 0 Å². The molecule has 114 valence electrons. The molecule has 0 saturated heterocycles. The summed E-state index contributed by atoms with van der Waals surface area (Å²) < 4.78 is 0. The predicted octanol–water partition coefficient (Wildman–Crippen LogP) is -1.09. The summed E-state index contributed by atoms with van der Waals surface area (Å²) in [7, 11) is 0. The molecule has 2 aromatic carbocycles. The van der Waals surface area contributed by atoms with Crippen LogP contribution in [0.15, 0.2) is 42.5 Å². The van der Waals surface area contributed by atoms with Crippen LogP contribution in [0.3, 0.4) is 0 Å². The topological polar surface area (TPSA) is 0 Å². The van der Waals surface area contributed by atoms with Gasteiger partial charge in [0.1, 0.15) is 0 Å². The van der Waals surface area contributed by atoms with Crippen LogP contribution in [0.4, 0.5) is 0 Å². The molecule has 0 spiro atoms. The standard InChI is InChI=1S/C10H9.C9H11.2BrH.Ti/c1-8-6-7-9-4-2-3-5-10(8)9;1-2-5-9-7-3-6-8(9)4-1;;;/h2-5,7-8H,1H3;3,6-7H,1-2,4-5H2;2*1H;/q2*-1;;;+4/p-2. The van der Waals surface area contributed by atoms with Crippen LogP contribution in [-0.4, -0.2) is 0 Å². The van der Waals surface area contributed by atoms with Crippen LogP contribution in [0.25, 0.3) is 6.08 Å². The fraction of sp³-hybridized carbons (Fsp3) is 0.316. The van der Waals surface area contributed by atoms with Crippen LogP contribution in [-0.2, 0) is 34.6 Å². The van der Waals surface area contributed by atoms with Crippen molar-refractivity contribution < 1.29 is 55.7 Å². The molecular formula is C19H20Br2Ti. The molecule has 4 rings (SSSR count). The number of hydrogen-bond acceptors (Lipinski definition) is 0. The molecule has 1 atom stereocenters. The van der Waals surface area contributed by atoms with Gasteiger partial charge in [-0.15, -0.1) is 11.6 Å². The molecule has 3 heteroatoms. The summed E-state index contributed by atoms with van der Waals surface area (Å²) in [4.78, 5) is 0. The first-order valence-electron chi connectivity index (χ1n) is 7.26. The molecular weight excluding hydrogens is 436 g/mol. The summed E-state index contributed by atoms with van der Waals surface area (Å²) in [6, 6.07) is 15.1. The van der Waals surface area contributed by atoms with E-state index in [9.17, 15) is 0 Å². The van der Waals surface area contributed by atoms with E-state index >= 15 is 0 Å². The van der Waals surface area contributed by atoms with Crippen molar-refractivity contribution in [1.29, 1.82) is 0 Å². The fourth-order valence-corrected chi connectivity index (χ4v) is 2.95. The summed E-state index contributed by atoms with van der Waals surface area (Å²) in [6.07, 6.45) is 10.8. The third-order valence-corrected chi connectivity index (χ3v) is 4.10. The van der Waals surface area contributed by atoms with E-state index in [4.69, 9.17) is 0 Å². The molecule has 2 aliphatic rings. The maximum absolute atomic E-state index is 3.26. The molecule has 0 aliphatic heterocycles. The van der Waals surface area contributed by atoms with Gasteiger partial charge in [-0.05, 0) is 0 Å². The predicted molar refractivity (Wildman–Crippen MR) is 81.2 cm³/mol. The number of allylic oxidation sites excluding steroid dienone is 1. The molecule has 0 heterocycles. The summed E-state index contributed by atoms with van der Waals surface area (Å²) in [5.74, 6) is 0.496. The molecule has 0 radical (unpaired) electrons. The quantitative estimate of drug-likeness (QED) is 0.350. The molecule has 0 nitrogen and oxygen atoms in total. The van der Waals surface area contributed by atoms with Gasteiger partial charge in [0.2, 0.25) is 0 Å². The van der Waals surface area contributed by atoms with Gasteiger partial charge in [-0.1, -0.05) is 56.7 Å². The summed E-state index contributed by atoms with van der Waals surface area (Å²) >= 11 is 0. The average molecular weight is 456 g/mol. The van der Waals surface area contributed by atoms with Crippen molar-refractivity contribution >= 4 is 6.08 Å². The van der Waals surface area contributed by atoms with Crippen molar-refractivity contribution in [2.45, 2.75) is 38.5 Å². The number of halogens is 2. The van der Waals surface area contributed by atoms with Crippen LogP contribution in [0, 0.1) is 6.08 Å². The first-order valence-corrected chi connectivity index (χ1v) is 7.26. The van der Waals surface area contributed by atoms with E-state index < -0.39 is 0 Å². The summed E-state index contributed by atoms with van der Waals surface area (Å²) in [6.45, 7) is 2.17. The number of fused-ring (bicyclic) bond motifs is 2. The van der Waals surface area contributed by atoms with Gasteiger partial charge >= 0.3 is 21.7 Å². The zero-order chi connectivity index (χ0) is 13.1. The normalized spacial score (nSPS) is 16.7. The molecule has 2 aromatic rings. The number of benzene rings is 1. The number of rotatable bonds is 0. The van der Waals surface area contributed by atoms with Gasteiger partial charge in [0, 0.05) is 0 Å². The van der Waals surface area contributed by atoms with Gasteiger partial charge < -0.3 is 34.0 Å². The van der Waals surface area contributed by atoms with E-state index in [1.165, 1.54) is 36.8 Å². The Morgan fingerprint density at radius 1 is 1.05 bits per heavy atom. The van der Waals surface area contributed by atoms with E-state index in [0.717, 1.165) is 0 Å². The Balaban J connectivity index is 0.000000354. The second kappa shape index (κ2) is 10.7. The Kier molecular flexibility index (Phi) is 10.7. The van der Waals surface area contributed by atoms with Crippen LogP contribution in [0.2, 0.25) is 0 Å². The molecule has 0 saturated carbocycles. The maximum Gasteiger partial charge on any atom is 4.00 e. The third kappa shape index (κ3) is 5.27. The second-order valence-electron chi connectivity index (χ2n) is 5.44. The average Bonchev–Trinajstić information content (AvgIpc) is 3.07. The number of hydrogen-bond donors (Lipinski definition) is 0. The minimum Gasteiger partial charge on any atom is -1.00 e. The van der Waals surface area contributed by atoms with E-state index in [1.807, 2.05) is 0 Å². The maximum atomic E-state index is 3.26. The fourth-order valence-electron chi connectivity index (χ4n) is 2.95. The van der Waals surface area contributed by atoms with Crippen molar-refractivity contribution in [3.8, 4) is 0 Å². The minimum absolute atomic E-state index is 0. The molecule has 1 unspecified atom stereocenters. The van der Waals surface area contributed by atoms with Crippen LogP contribution < -0.4 is 34.0 Å². The van der Waals surface area contributed by atoms with Gasteiger partial charge in [0.15, 0.2) is 0 Å². The monoisotopic (exact) mass is 454 g/mol. The smallest absolute Gasteiger partial charge is 1.00 e.